The van der Waals surface area contributed by atoms with Gasteiger partial charge in [0.2, 0.25) is 0 Å². The molecule has 2 N–H and O–H groups in total. The molecule has 0 saturated heterocycles. The Bertz CT molecular complexity index is 456. The summed E-state index contributed by atoms with van der Waals surface area (Å²) in [6.07, 6.45) is 0. The van der Waals surface area contributed by atoms with E-state index in [1.54, 1.807) is 30.4 Å². The van der Waals surface area contributed by atoms with E-state index in [2.05, 4.69) is 4.98 Å². The summed E-state index contributed by atoms with van der Waals surface area (Å²) in [4.78, 5) is 5.41. The van der Waals surface area contributed by atoms with Gasteiger partial charge in [-0.25, -0.2) is 0 Å². The summed E-state index contributed by atoms with van der Waals surface area (Å²) in [6.45, 7) is 1.77. The van der Waals surface area contributed by atoms with Crippen molar-refractivity contribution in [3.63, 3.8) is 0 Å². The number of thiophene rings is 1. The van der Waals surface area contributed by atoms with Gasteiger partial charge in [0, 0.05) is 11.2 Å². The Labute approximate surface area is 92.2 Å². The van der Waals surface area contributed by atoms with Crippen LogP contribution in [-0.2, 0) is 0 Å². The van der Waals surface area contributed by atoms with E-state index in [1.165, 1.54) is 0 Å². The van der Waals surface area contributed by atoms with Gasteiger partial charge in [0.1, 0.15) is 0 Å². The summed E-state index contributed by atoms with van der Waals surface area (Å²) in [6, 6.07) is 7.45. The van der Waals surface area contributed by atoms with Gasteiger partial charge < -0.3 is 10.0 Å². The topological polar surface area (TPSA) is 53.4 Å². The Morgan fingerprint density at radius 1 is 1.27 bits per heavy atom. The number of rotatable bonds is 2. The van der Waals surface area contributed by atoms with Gasteiger partial charge in [-0.3, -0.25) is 4.98 Å². The summed E-state index contributed by atoms with van der Waals surface area (Å²) >= 11 is 1.61. The van der Waals surface area contributed by atoms with E-state index in [-0.39, 0.29) is 0 Å². The van der Waals surface area contributed by atoms with Gasteiger partial charge in [0.25, 0.3) is 0 Å². The highest BCUT2D eigenvalue weighted by molar-refractivity contribution is 7.13. The summed E-state index contributed by atoms with van der Waals surface area (Å²) in [7, 11) is -1.45. The van der Waals surface area contributed by atoms with Gasteiger partial charge in [0.05, 0.1) is 10.6 Å². The smallest absolute Gasteiger partial charge is 0.423 e. The number of hydrogen-bond donors (Lipinski definition) is 2. The van der Waals surface area contributed by atoms with Crippen molar-refractivity contribution in [2.24, 2.45) is 0 Å². The fourth-order valence-electron chi connectivity index (χ4n) is 1.41. The Morgan fingerprint density at radius 3 is 2.60 bits per heavy atom. The molecule has 2 aromatic heterocycles. The highest BCUT2D eigenvalue weighted by Gasteiger charge is 2.15. The van der Waals surface area contributed by atoms with Crippen LogP contribution in [0, 0.1) is 6.92 Å². The number of hydrogen-bond acceptors (Lipinski definition) is 4. The van der Waals surface area contributed by atoms with E-state index in [9.17, 15) is 0 Å². The highest BCUT2D eigenvalue weighted by Crippen LogP contribution is 2.21. The molecule has 0 aliphatic rings. The first-order chi connectivity index (χ1) is 7.18. The van der Waals surface area contributed by atoms with Crippen LogP contribution in [0.15, 0.2) is 29.6 Å². The molecule has 15 heavy (non-hydrogen) atoms. The van der Waals surface area contributed by atoms with Crippen LogP contribution in [0.1, 0.15) is 5.69 Å². The van der Waals surface area contributed by atoms with E-state index in [0.29, 0.717) is 11.2 Å². The molecule has 0 aromatic carbocycles. The quantitative estimate of drug-likeness (QED) is 0.734. The molecule has 0 radical (unpaired) electrons. The zero-order valence-electron chi connectivity index (χ0n) is 8.21. The van der Waals surface area contributed by atoms with Gasteiger partial charge in [-0.15, -0.1) is 11.3 Å². The molecule has 76 valence electrons. The van der Waals surface area contributed by atoms with E-state index in [4.69, 9.17) is 10.0 Å². The molecule has 0 saturated carbocycles. The van der Waals surface area contributed by atoms with Crippen LogP contribution in [0.5, 0.6) is 0 Å². The lowest BCUT2D eigenvalue weighted by molar-refractivity contribution is 0.425. The fourth-order valence-corrected chi connectivity index (χ4v) is 2.10. The first-order valence-corrected chi connectivity index (χ1v) is 5.44. The molecule has 0 unspecified atom stereocenters. The van der Waals surface area contributed by atoms with Crippen LogP contribution in [0.4, 0.5) is 0 Å². The average Bonchev–Trinajstić information content (AvgIpc) is 2.69. The molecule has 3 nitrogen and oxygen atoms in total. The third-order valence-electron chi connectivity index (χ3n) is 2.18. The maximum Gasteiger partial charge on any atom is 0.490 e. The Hall–Kier alpha value is -1.17. The number of pyridine rings is 1. The van der Waals surface area contributed by atoms with Crippen molar-refractivity contribution >= 4 is 23.9 Å². The molecule has 2 aromatic rings. The molecule has 0 atom stereocenters. The molecule has 0 fully saturated rings. The minimum atomic E-state index is -1.45. The van der Waals surface area contributed by atoms with E-state index in [1.807, 2.05) is 17.5 Å². The molecule has 0 aliphatic heterocycles. The third kappa shape index (κ3) is 2.09. The monoisotopic (exact) mass is 219 g/mol. The second-order valence-electron chi connectivity index (χ2n) is 3.22. The minimum absolute atomic E-state index is 0.454. The lowest BCUT2D eigenvalue weighted by Gasteiger charge is -2.05. The molecular formula is C10H10BNO2S. The standard InChI is InChI=1S/C10H10BNO2S/c1-7-8(11(13)14)4-5-9(12-7)10-3-2-6-15-10/h2-6,13-14H,1H3. The van der Waals surface area contributed by atoms with Crippen LogP contribution >= 0.6 is 11.3 Å². The fraction of sp³-hybridized carbons (Fsp3) is 0.100. The van der Waals surface area contributed by atoms with Crippen molar-refractivity contribution in [1.82, 2.24) is 4.98 Å². The van der Waals surface area contributed by atoms with Crippen LogP contribution in [0.3, 0.4) is 0 Å². The molecule has 2 heterocycles. The Morgan fingerprint density at radius 2 is 2.07 bits per heavy atom. The van der Waals surface area contributed by atoms with Crippen LogP contribution in [0.2, 0.25) is 0 Å². The molecule has 2 rings (SSSR count). The van der Waals surface area contributed by atoms with Gasteiger partial charge in [-0.1, -0.05) is 12.1 Å². The van der Waals surface area contributed by atoms with Crippen molar-refractivity contribution in [2.75, 3.05) is 0 Å². The normalized spacial score (nSPS) is 10.3. The Balaban J connectivity index is 2.42. The lowest BCUT2D eigenvalue weighted by Crippen LogP contribution is -2.32. The van der Waals surface area contributed by atoms with Crippen molar-refractivity contribution in [3.8, 4) is 10.6 Å². The Kier molecular flexibility index (Phi) is 2.86. The van der Waals surface area contributed by atoms with Gasteiger partial charge in [-0.2, -0.15) is 0 Å². The summed E-state index contributed by atoms with van der Waals surface area (Å²) in [5.41, 5.74) is 1.97. The number of nitrogens with zero attached hydrogens (tertiary/aromatic N) is 1. The van der Waals surface area contributed by atoms with Crippen molar-refractivity contribution in [1.29, 1.82) is 0 Å². The molecule has 0 aliphatic carbocycles. The van der Waals surface area contributed by atoms with Gasteiger partial charge >= 0.3 is 7.12 Å². The highest BCUT2D eigenvalue weighted by atomic mass is 32.1. The largest absolute Gasteiger partial charge is 0.490 e. The molecule has 0 spiro atoms. The SMILES string of the molecule is Cc1nc(-c2cccs2)ccc1B(O)O. The maximum atomic E-state index is 9.04. The molecule has 5 heteroatoms. The predicted octanol–water partition coefficient (Wildman–Crippen LogP) is 0.798. The zero-order valence-corrected chi connectivity index (χ0v) is 9.03. The van der Waals surface area contributed by atoms with Crippen molar-refractivity contribution in [2.45, 2.75) is 6.92 Å². The van der Waals surface area contributed by atoms with Crippen molar-refractivity contribution in [3.05, 3.63) is 35.3 Å². The second kappa shape index (κ2) is 4.14. The van der Waals surface area contributed by atoms with E-state index >= 15 is 0 Å². The third-order valence-corrected chi connectivity index (χ3v) is 3.07. The lowest BCUT2D eigenvalue weighted by atomic mass is 9.79. The first-order valence-electron chi connectivity index (χ1n) is 4.56. The first kappa shape index (κ1) is 10.4. The van der Waals surface area contributed by atoms with Crippen LogP contribution in [-0.4, -0.2) is 22.2 Å². The summed E-state index contributed by atoms with van der Waals surface area (Å²) < 4.78 is 0. The molecule has 0 bridgehead atoms. The van der Waals surface area contributed by atoms with Crippen LogP contribution < -0.4 is 5.46 Å². The molecular weight excluding hydrogens is 209 g/mol. The molecule has 0 amide bonds. The second-order valence-corrected chi connectivity index (χ2v) is 4.17. The summed E-state index contributed by atoms with van der Waals surface area (Å²) in [5, 5.41) is 20.1. The number of aryl methyl sites for hydroxylation is 1. The summed E-state index contributed by atoms with van der Waals surface area (Å²) in [5.74, 6) is 0. The van der Waals surface area contributed by atoms with Gasteiger partial charge in [0.15, 0.2) is 0 Å². The van der Waals surface area contributed by atoms with Gasteiger partial charge in [-0.05, 0) is 24.4 Å². The van der Waals surface area contributed by atoms with Crippen molar-refractivity contribution < 1.29 is 10.0 Å². The maximum absolute atomic E-state index is 9.04. The van der Waals surface area contributed by atoms with E-state index < -0.39 is 7.12 Å². The predicted molar refractivity (Wildman–Crippen MR) is 62.1 cm³/mol. The average molecular weight is 219 g/mol. The van der Waals surface area contributed by atoms with E-state index in [0.717, 1.165) is 10.6 Å². The number of aromatic nitrogens is 1. The minimum Gasteiger partial charge on any atom is -0.423 e. The van der Waals surface area contributed by atoms with Crippen LogP contribution in [0.25, 0.3) is 10.6 Å². The zero-order chi connectivity index (χ0) is 10.8.